The van der Waals surface area contributed by atoms with Crippen molar-refractivity contribution in [2.24, 2.45) is 0 Å². The molecule has 1 fully saturated rings. The van der Waals surface area contributed by atoms with E-state index in [0.717, 1.165) is 0 Å². The molecule has 17 heavy (non-hydrogen) atoms. The van der Waals surface area contributed by atoms with E-state index < -0.39 is 49.2 Å². The van der Waals surface area contributed by atoms with Gasteiger partial charge in [-0.1, -0.05) is 0 Å². The van der Waals surface area contributed by atoms with Crippen LogP contribution in [0.1, 0.15) is 0 Å². The van der Waals surface area contributed by atoms with Crippen molar-refractivity contribution in [3.63, 3.8) is 0 Å². The molecule has 1 aliphatic rings. The maximum Gasteiger partial charge on any atom is 1.00 e. The van der Waals surface area contributed by atoms with Crippen LogP contribution in [-0.4, -0.2) is 74.7 Å². The first-order valence-electron chi connectivity index (χ1n) is 4.59. The molecule has 9 heteroatoms. The van der Waals surface area contributed by atoms with Gasteiger partial charge in [-0.25, -0.2) is 0 Å². The van der Waals surface area contributed by atoms with E-state index in [9.17, 15) is 25.2 Å². The van der Waals surface area contributed by atoms with E-state index in [1.807, 2.05) is 0 Å². The van der Waals surface area contributed by atoms with Crippen LogP contribution in [0.25, 0.3) is 0 Å². The van der Waals surface area contributed by atoms with Crippen LogP contribution in [0.4, 0.5) is 0 Å². The van der Waals surface area contributed by atoms with E-state index >= 15 is 0 Å². The topological polar surface area (TPSA) is 151 Å². The Labute approximate surface area is 119 Å². The molecule has 0 bridgehead atoms. The molecule has 1 saturated heterocycles. The second-order valence-electron chi connectivity index (χ2n) is 3.56. The van der Waals surface area contributed by atoms with Crippen molar-refractivity contribution in [3.8, 4) is 0 Å². The number of hydrogen-bond acceptors (Lipinski definition) is 8. The first-order chi connectivity index (χ1) is 7.40. The van der Waals surface area contributed by atoms with Crippen LogP contribution in [0.3, 0.4) is 0 Å². The predicted octanol–water partition coefficient (Wildman–Crippen LogP) is -8.06. The van der Waals surface area contributed by atoms with Crippen molar-refractivity contribution in [2.75, 3.05) is 6.61 Å². The number of aliphatic hydroxyl groups is 5. The number of rotatable bonds is 3. The average Bonchev–Trinajstić information content (AvgIpc) is 2.25. The van der Waals surface area contributed by atoms with E-state index in [-0.39, 0.29) is 29.6 Å². The predicted molar refractivity (Wildman–Crippen MR) is 44.8 cm³/mol. The second kappa shape index (κ2) is 6.98. The smallest absolute Gasteiger partial charge is 0.547 e. The molecule has 0 spiro atoms. The van der Waals surface area contributed by atoms with Gasteiger partial charge in [0.1, 0.15) is 36.6 Å². The third-order valence-electron chi connectivity index (χ3n) is 2.48. The van der Waals surface area contributed by atoms with Gasteiger partial charge >= 0.3 is 29.6 Å². The Kier molecular flexibility index (Phi) is 7.07. The van der Waals surface area contributed by atoms with Gasteiger partial charge in [0.05, 0.1) is 12.6 Å². The molecule has 1 heterocycles. The molecule has 0 aromatic heterocycles. The molecule has 0 amide bonds. The van der Waals surface area contributed by atoms with E-state index in [2.05, 4.69) is 0 Å². The van der Waals surface area contributed by atoms with Crippen molar-refractivity contribution in [1.29, 1.82) is 0 Å². The van der Waals surface area contributed by atoms with Crippen molar-refractivity contribution < 1.29 is 69.7 Å². The molecule has 0 aliphatic carbocycles. The van der Waals surface area contributed by atoms with Crippen LogP contribution < -0.4 is 34.7 Å². The summed E-state index contributed by atoms with van der Waals surface area (Å²) in [5.41, 5.74) is 0. The van der Waals surface area contributed by atoms with Crippen molar-refractivity contribution in [2.45, 2.75) is 36.6 Å². The number of carboxylic acid groups (broad SMARTS) is 1. The van der Waals surface area contributed by atoms with E-state index in [0.29, 0.717) is 0 Å². The Morgan fingerprint density at radius 1 is 1.24 bits per heavy atom. The second-order valence-corrected chi connectivity index (χ2v) is 3.56. The van der Waals surface area contributed by atoms with Crippen LogP contribution in [0.5, 0.6) is 0 Å². The van der Waals surface area contributed by atoms with Crippen LogP contribution in [0.2, 0.25) is 0 Å². The summed E-state index contributed by atoms with van der Waals surface area (Å²) < 4.78 is 4.77. The first kappa shape index (κ1) is 17.2. The summed E-state index contributed by atoms with van der Waals surface area (Å²) in [6, 6.07) is 0. The number of hydrogen-bond donors (Lipinski definition) is 5. The van der Waals surface area contributed by atoms with Gasteiger partial charge in [0.25, 0.3) is 0 Å². The molecule has 2 unspecified atom stereocenters. The summed E-state index contributed by atoms with van der Waals surface area (Å²) in [5, 5.41) is 56.3. The number of aliphatic carboxylic acids is 1. The fraction of sp³-hybridized carbons (Fsp3) is 0.875. The Bertz CT molecular complexity index is 260. The molecule has 1 rings (SSSR count). The maximum absolute atomic E-state index is 10.4. The SMILES string of the molecule is O=C([O-])C(O)C1O[C@H](CO)[C@@H](O)[C@H](O)[C@@H]1O.[Na+]. The van der Waals surface area contributed by atoms with Crippen LogP contribution in [0, 0.1) is 0 Å². The van der Waals surface area contributed by atoms with Gasteiger partial charge in [-0.05, 0) is 0 Å². The Morgan fingerprint density at radius 2 is 1.76 bits per heavy atom. The van der Waals surface area contributed by atoms with Gasteiger partial charge in [-0.15, -0.1) is 0 Å². The Balaban J connectivity index is 0.00000256. The zero-order valence-corrected chi connectivity index (χ0v) is 11.1. The summed E-state index contributed by atoms with van der Waals surface area (Å²) in [4.78, 5) is 10.4. The van der Waals surface area contributed by atoms with Gasteiger partial charge in [-0.3, -0.25) is 0 Å². The van der Waals surface area contributed by atoms with Crippen LogP contribution in [-0.2, 0) is 9.53 Å². The maximum atomic E-state index is 10.4. The third-order valence-corrected chi connectivity index (χ3v) is 2.48. The van der Waals surface area contributed by atoms with Gasteiger partial charge in [-0.2, -0.15) is 0 Å². The fourth-order valence-corrected chi connectivity index (χ4v) is 1.53. The summed E-state index contributed by atoms with van der Waals surface area (Å²) in [7, 11) is 0. The summed E-state index contributed by atoms with van der Waals surface area (Å²) >= 11 is 0. The Morgan fingerprint density at radius 3 is 2.18 bits per heavy atom. The number of carbonyl (C=O) groups is 1. The number of aliphatic hydroxyl groups excluding tert-OH is 5. The van der Waals surface area contributed by atoms with Gasteiger partial charge < -0.3 is 40.2 Å². The van der Waals surface area contributed by atoms with Crippen LogP contribution >= 0.6 is 0 Å². The van der Waals surface area contributed by atoms with E-state index in [1.54, 1.807) is 0 Å². The van der Waals surface area contributed by atoms with Gasteiger partial charge in [0.2, 0.25) is 0 Å². The molecule has 0 aromatic carbocycles. The number of carbonyl (C=O) groups excluding carboxylic acids is 1. The van der Waals surface area contributed by atoms with Gasteiger partial charge in [0.15, 0.2) is 0 Å². The summed E-state index contributed by atoms with van der Waals surface area (Å²) in [5.74, 6) is -1.88. The van der Waals surface area contributed by atoms with Gasteiger partial charge in [0, 0.05) is 0 Å². The molecule has 94 valence electrons. The minimum Gasteiger partial charge on any atom is -0.547 e. The van der Waals surface area contributed by atoms with Crippen molar-refractivity contribution >= 4 is 5.97 Å². The van der Waals surface area contributed by atoms with E-state index in [1.165, 1.54) is 0 Å². The molecular formula is C8H13NaO8. The normalized spacial score (nSPS) is 39.2. The number of carboxylic acids is 1. The zero-order valence-electron chi connectivity index (χ0n) is 9.13. The van der Waals surface area contributed by atoms with E-state index in [4.69, 9.17) is 14.9 Å². The fourth-order valence-electron chi connectivity index (χ4n) is 1.53. The molecule has 0 saturated carbocycles. The molecule has 6 atom stereocenters. The Hall–Kier alpha value is 0.230. The average molecular weight is 260 g/mol. The molecule has 8 nitrogen and oxygen atoms in total. The largest absolute Gasteiger partial charge is 1.00 e. The number of ether oxygens (including phenoxy) is 1. The molecule has 0 radical (unpaired) electrons. The van der Waals surface area contributed by atoms with Crippen molar-refractivity contribution in [3.05, 3.63) is 0 Å². The molecule has 5 N–H and O–H groups in total. The third kappa shape index (κ3) is 3.60. The molecule has 1 aliphatic heterocycles. The first-order valence-corrected chi connectivity index (χ1v) is 4.59. The summed E-state index contributed by atoms with van der Waals surface area (Å²) in [6.45, 7) is -0.693. The molecule has 0 aromatic rings. The quantitative estimate of drug-likeness (QED) is 0.314. The zero-order chi connectivity index (χ0) is 12.5. The monoisotopic (exact) mass is 260 g/mol. The minimum absolute atomic E-state index is 0. The molecular weight excluding hydrogens is 247 g/mol. The van der Waals surface area contributed by atoms with Crippen molar-refractivity contribution in [1.82, 2.24) is 0 Å². The minimum atomic E-state index is -2.16. The summed E-state index contributed by atoms with van der Waals surface area (Å²) in [6.07, 6.45) is -10.2. The van der Waals surface area contributed by atoms with Crippen LogP contribution in [0.15, 0.2) is 0 Å². The standard InChI is InChI=1S/C8H14O8.Na/c9-1-2-3(10)4(11)5(12)7(16-2)6(13)8(14)15;/h2-7,9-13H,1H2,(H,14,15);/q;+1/p-1/t2-,3-,4+,5+,6?,7?;/m1./s1.